The van der Waals surface area contributed by atoms with Gasteiger partial charge in [-0.1, -0.05) is 45.6 Å². The highest BCUT2D eigenvalue weighted by molar-refractivity contribution is 5.96. The number of carbonyl (C=O) groups is 1. The molecule has 1 atom stereocenters. The lowest BCUT2D eigenvalue weighted by molar-refractivity contribution is -0.129. The molecular formula is C15H25NO. The van der Waals surface area contributed by atoms with E-state index in [1.54, 1.807) is 17.1 Å². The molecule has 0 unspecified atom stereocenters. The van der Waals surface area contributed by atoms with E-state index in [1.165, 1.54) is 0 Å². The largest absolute Gasteiger partial charge is 0.338 e. The Bertz CT molecular complexity index is 331. The van der Waals surface area contributed by atoms with Crippen molar-refractivity contribution in [3.63, 3.8) is 0 Å². The number of hydrogen-bond acceptors (Lipinski definition) is 1. The van der Waals surface area contributed by atoms with Crippen molar-refractivity contribution in [2.75, 3.05) is 7.05 Å². The first-order valence-corrected chi connectivity index (χ1v) is 5.98. The van der Waals surface area contributed by atoms with Gasteiger partial charge >= 0.3 is 0 Å². The first kappa shape index (κ1) is 15.7. The first-order valence-electron chi connectivity index (χ1n) is 5.98. The maximum absolute atomic E-state index is 12.2. The maximum Gasteiger partial charge on any atom is 0.253 e. The number of rotatable bonds is 4. The smallest absolute Gasteiger partial charge is 0.253 e. The third-order valence-corrected chi connectivity index (χ3v) is 3.09. The number of amides is 1. The molecule has 0 spiro atoms. The van der Waals surface area contributed by atoms with Gasteiger partial charge in [0.15, 0.2) is 0 Å². The lowest BCUT2D eigenvalue weighted by Gasteiger charge is -2.35. The van der Waals surface area contributed by atoms with E-state index in [9.17, 15) is 4.79 Å². The Labute approximate surface area is 106 Å². The van der Waals surface area contributed by atoms with E-state index in [4.69, 9.17) is 0 Å². The van der Waals surface area contributed by atoms with Crippen LogP contribution in [0.3, 0.4) is 0 Å². The second kappa shape index (κ2) is 6.43. The fraction of sp³-hybridized carbons (Fsp3) is 0.533. The standard InChI is InChI=1S/C15H25NO/c1-8-10-11-13(9-2)14(17)16(7)12(3)15(4,5)6/h8-12H,2H2,1,3-7H3/b10-8+,13-11+/t12-/m0/s1. The van der Waals surface area contributed by atoms with Crippen molar-refractivity contribution in [1.29, 1.82) is 0 Å². The molecular weight excluding hydrogens is 210 g/mol. The molecule has 0 saturated carbocycles. The number of hydrogen-bond donors (Lipinski definition) is 0. The second-order valence-corrected chi connectivity index (χ2v) is 5.31. The zero-order chi connectivity index (χ0) is 13.6. The normalized spacial score (nSPS) is 14.8. The van der Waals surface area contributed by atoms with E-state index in [2.05, 4.69) is 34.3 Å². The van der Waals surface area contributed by atoms with E-state index in [1.807, 2.05) is 26.1 Å². The Kier molecular flexibility index (Phi) is 5.94. The van der Waals surface area contributed by atoms with Gasteiger partial charge in [0.2, 0.25) is 0 Å². The van der Waals surface area contributed by atoms with Gasteiger partial charge in [-0.2, -0.15) is 0 Å². The summed E-state index contributed by atoms with van der Waals surface area (Å²) in [6.45, 7) is 14.1. The minimum Gasteiger partial charge on any atom is -0.338 e. The highest BCUT2D eigenvalue weighted by atomic mass is 16.2. The van der Waals surface area contributed by atoms with E-state index >= 15 is 0 Å². The summed E-state index contributed by atoms with van der Waals surface area (Å²) in [5.74, 6) is 0.0144. The van der Waals surface area contributed by atoms with Crippen LogP contribution in [0.2, 0.25) is 0 Å². The minimum atomic E-state index is 0.0144. The predicted molar refractivity (Wildman–Crippen MR) is 74.8 cm³/mol. The Morgan fingerprint density at radius 3 is 2.24 bits per heavy atom. The van der Waals surface area contributed by atoms with Crippen LogP contribution < -0.4 is 0 Å². The van der Waals surface area contributed by atoms with Crippen LogP contribution in [0.4, 0.5) is 0 Å². The van der Waals surface area contributed by atoms with Gasteiger partial charge in [-0.05, 0) is 25.3 Å². The average Bonchev–Trinajstić information content (AvgIpc) is 2.26. The topological polar surface area (TPSA) is 20.3 Å². The zero-order valence-electron chi connectivity index (χ0n) is 11.9. The van der Waals surface area contributed by atoms with Crippen molar-refractivity contribution in [2.45, 2.75) is 40.7 Å². The molecule has 2 heteroatoms. The monoisotopic (exact) mass is 235 g/mol. The molecule has 2 nitrogen and oxygen atoms in total. The summed E-state index contributed by atoms with van der Waals surface area (Å²) in [4.78, 5) is 14.0. The van der Waals surface area contributed by atoms with Crippen molar-refractivity contribution < 1.29 is 4.79 Å². The molecule has 0 aliphatic carbocycles. The highest BCUT2D eigenvalue weighted by Gasteiger charge is 2.27. The predicted octanol–water partition coefficient (Wildman–Crippen LogP) is 3.57. The van der Waals surface area contributed by atoms with E-state index in [0.29, 0.717) is 5.57 Å². The Morgan fingerprint density at radius 2 is 1.88 bits per heavy atom. The molecule has 0 heterocycles. The Morgan fingerprint density at radius 1 is 1.35 bits per heavy atom. The van der Waals surface area contributed by atoms with Gasteiger partial charge < -0.3 is 4.90 Å². The third kappa shape index (κ3) is 4.59. The van der Waals surface area contributed by atoms with Gasteiger partial charge in [0.1, 0.15) is 0 Å². The van der Waals surface area contributed by atoms with Gasteiger partial charge in [0.25, 0.3) is 5.91 Å². The number of nitrogens with zero attached hydrogens (tertiary/aromatic N) is 1. The van der Waals surface area contributed by atoms with Gasteiger partial charge in [-0.3, -0.25) is 4.79 Å². The number of allylic oxidation sites excluding steroid dienone is 3. The van der Waals surface area contributed by atoms with Crippen LogP contribution in [0, 0.1) is 5.41 Å². The molecule has 0 aliphatic rings. The maximum atomic E-state index is 12.2. The van der Waals surface area contributed by atoms with Crippen LogP contribution in [-0.4, -0.2) is 23.9 Å². The fourth-order valence-corrected chi connectivity index (χ4v) is 1.39. The summed E-state index contributed by atoms with van der Waals surface area (Å²) in [5, 5.41) is 0. The summed E-state index contributed by atoms with van der Waals surface area (Å²) in [6, 6.07) is 0.170. The van der Waals surface area contributed by atoms with Crippen LogP contribution in [0.25, 0.3) is 0 Å². The van der Waals surface area contributed by atoms with Crippen molar-refractivity contribution in [1.82, 2.24) is 4.90 Å². The van der Waals surface area contributed by atoms with Gasteiger partial charge in [0, 0.05) is 18.7 Å². The SMILES string of the molecule is C=C/C(=C\C=C\C)C(=O)N(C)[C@@H](C)C(C)(C)C. The average molecular weight is 235 g/mol. The molecule has 0 aromatic rings. The van der Waals surface area contributed by atoms with Crippen molar-refractivity contribution in [2.24, 2.45) is 5.41 Å². The summed E-state index contributed by atoms with van der Waals surface area (Å²) in [5.41, 5.74) is 0.693. The van der Waals surface area contributed by atoms with Crippen LogP contribution in [0.15, 0.2) is 36.5 Å². The lowest BCUT2D eigenvalue weighted by atomic mass is 9.87. The van der Waals surface area contributed by atoms with E-state index < -0.39 is 0 Å². The number of carbonyl (C=O) groups excluding carboxylic acids is 1. The number of likely N-dealkylation sites (N-methyl/N-ethyl adjacent to an activating group) is 1. The van der Waals surface area contributed by atoms with Crippen LogP contribution in [-0.2, 0) is 4.79 Å². The van der Waals surface area contributed by atoms with Crippen LogP contribution in [0.1, 0.15) is 34.6 Å². The molecule has 1 amide bonds. The lowest BCUT2D eigenvalue weighted by Crippen LogP contribution is -2.43. The molecule has 0 aliphatic heterocycles. The molecule has 96 valence electrons. The quantitative estimate of drug-likeness (QED) is 0.539. The zero-order valence-corrected chi connectivity index (χ0v) is 11.9. The molecule has 0 bridgehead atoms. The second-order valence-electron chi connectivity index (χ2n) is 5.31. The fourth-order valence-electron chi connectivity index (χ4n) is 1.39. The van der Waals surface area contributed by atoms with Crippen molar-refractivity contribution in [3.8, 4) is 0 Å². The van der Waals surface area contributed by atoms with Gasteiger partial charge in [-0.25, -0.2) is 0 Å². The van der Waals surface area contributed by atoms with Crippen LogP contribution in [0.5, 0.6) is 0 Å². The van der Waals surface area contributed by atoms with E-state index in [0.717, 1.165) is 0 Å². The Balaban J connectivity index is 4.98. The Hall–Kier alpha value is -1.31. The molecule has 0 fully saturated rings. The third-order valence-electron chi connectivity index (χ3n) is 3.09. The molecule has 0 saturated heterocycles. The minimum absolute atomic E-state index is 0.0144. The molecule has 17 heavy (non-hydrogen) atoms. The van der Waals surface area contributed by atoms with Gasteiger partial charge in [0.05, 0.1) is 0 Å². The molecule has 0 aromatic heterocycles. The van der Waals surface area contributed by atoms with E-state index in [-0.39, 0.29) is 17.4 Å². The van der Waals surface area contributed by atoms with Crippen LogP contribution >= 0.6 is 0 Å². The molecule has 0 radical (unpaired) electrons. The molecule has 0 N–H and O–H groups in total. The highest BCUT2D eigenvalue weighted by Crippen LogP contribution is 2.24. The summed E-state index contributed by atoms with van der Waals surface area (Å²) in [7, 11) is 1.84. The first-order chi connectivity index (χ1) is 7.75. The summed E-state index contributed by atoms with van der Waals surface area (Å²) < 4.78 is 0. The van der Waals surface area contributed by atoms with Crippen molar-refractivity contribution >= 4 is 5.91 Å². The van der Waals surface area contributed by atoms with Gasteiger partial charge in [-0.15, -0.1) is 0 Å². The summed E-state index contributed by atoms with van der Waals surface area (Å²) in [6.07, 6.45) is 7.14. The molecule has 0 rings (SSSR count). The summed E-state index contributed by atoms with van der Waals surface area (Å²) >= 11 is 0. The van der Waals surface area contributed by atoms with Crippen molar-refractivity contribution in [3.05, 3.63) is 36.5 Å². The molecule has 0 aromatic carbocycles.